The molecule has 9 N–H and O–H groups in total. The number of alkyl halides is 1. The summed E-state index contributed by atoms with van der Waals surface area (Å²) in [5, 5.41) is 96.9. The molecule has 0 aromatic heterocycles. The molecular weight excluding hydrogens is 1250 g/mol. The topological polar surface area (TPSA) is 215 Å². The van der Waals surface area contributed by atoms with Crippen LogP contribution in [0, 0.1) is 164 Å². The van der Waals surface area contributed by atoms with Crippen molar-refractivity contribution in [3.63, 3.8) is 0 Å². The Morgan fingerprint density at radius 1 is 0.343 bits per heavy atom. The molecule has 10 fully saturated rings. The van der Waals surface area contributed by atoms with Crippen LogP contribution in [0.4, 0.5) is 0 Å². The van der Waals surface area contributed by atoms with E-state index in [4.69, 9.17) is 21.4 Å². The third kappa shape index (κ3) is 30.2. The average Bonchev–Trinajstić information content (AvgIpc) is 0.758. The summed E-state index contributed by atoms with van der Waals surface area (Å²) in [7, 11) is 1.75. The molecule has 0 radical (unpaired) electrons. The Morgan fingerprint density at radius 2 is 0.586 bits per heavy atom. The molecule has 16 unspecified atom stereocenters. The molecule has 10 aliphatic carbocycles. The minimum Gasteiger partial charge on any atom is -0.396 e. The van der Waals surface area contributed by atoms with E-state index in [0.29, 0.717) is 136 Å². The van der Waals surface area contributed by atoms with Gasteiger partial charge in [-0.1, -0.05) is 183 Å². The van der Waals surface area contributed by atoms with E-state index in [1.807, 2.05) is 0 Å². The molecule has 0 heterocycles. The van der Waals surface area contributed by atoms with Gasteiger partial charge in [0.2, 0.25) is 0 Å². The first kappa shape index (κ1) is 92.6. The van der Waals surface area contributed by atoms with E-state index in [1.54, 1.807) is 7.11 Å². The van der Waals surface area contributed by atoms with Gasteiger partial charge in [-0.2, -0.15) is 5.26 Å². The number of aliphatic hydroxyl groups excluding tert-OH is 9. The highest BCUT2D eigenvalue weighted by Gasteiger charge is 2.51. The lowest BCUT2D eigenvalue weighted by Gasteiger charge is -2.54. The summed E-state index contributed by atoms with van der Waals surface area (Å²) in [5.74, 6) is 13.7. The zero-order valence-corrected chi connectivity index (χ0v) is 68.9. The van der Waals surface area contributed by atoms with Gasteiger partial charge in [-0.05, 0) is 281 Å². The van der Waals surface area contributed by atoms with Gasteiger partial charge in [0.25, 0.3) is 0 Å². The van der Waals surface area contributed by atoms with Crippen molar-refractivity contribution >= 4 is 11.6 Å². The highest BCUT2D eigenvalue weighted by atomic mass is 35.5. The van der Waals surface area contributed by atoms with Crippen LogP contribution in [0.2, 0.25) is 0 Å². The molecule has 0 spiro atoms. The smallest absolute Gasteiger partial charge is 0.0624 e. The number of methoxy groups -OCH3 is 1. The van der Waals surface area contributed by atoms with E-state index in [0.717, 1.165) is 87.5 Å². The third-order valence-electron chi connectivity index (χ3n) is 28.1. The van der Waals surface area contributed by atoms with Crippen molar-refractivity contribution in [2.24, 2.45) is 153 Å². The summed E-state index contributed by atoms with van der Waals surface area (Å²) in [5.41, 5.74) is 0.601. The molecule has 16 atom stereocenters. The fourth-order valence-corrected chi connectivity index (χ4v) is 22.3. The lowest BCUT2D eigenvalue weighted by Crippen LogP contribution is -2.51. The first-order valence-electron chi connectivity index (χ1n) is 41.9. The predicted molar refractivity (Wildman–Crippen MR) is 415 cm³/mol. The molecular formula is C87H166ClNO10. The summed E-state index contributed by atoms with van der Waals surface area (Å²) in [6, 6.07) is 2.44. The van der Waals surface area contributed by atoms with Crippen molar-refractivity contribution in [1.29, 1.82) is 5.26 Å². The van der Waals surface area contributed by atoms with Crippen molar-refractivity contribution in [2.45, 2.75) is 367 Å². The standard InChI is InChI=1S/C22H37NO.C10H20O2.C10H20O.C9H17ClO.C9H18O2.3C9H18O/c1-21(10-5-3-6-11-21)18-15-17(9-14-23)16-19(20(18)24)22(2)12-7-4-8-13-22;1-7-4-9(6-12-3)5-8(2)10(7)11;1-4-9-5-7(2)10(11)8(3)6-9;2*1-6-3-8(5-10)4-7(2)9(6)11;3*1-6-4-7(2)9(10)8(3)5-6/h17-20,24H,3-13,15-16H2,1-2H3;7-11H,4-6H2,1-3H3;7-11H,4-6H2,1-3H3;6-9,11H,3-5H2,1-2H3;6-11H,3-5H2,1-2H3;3*6-10H,4-5H2,1-3H3. The zero-order valence-electron chi connectivity index (χ0n) is 68.2. The fraction of sp³-hybridized carbons (Fsp3) is 0.989. The molecule has 0 amide bonds. The second kappa shape index (κ2) is 45.9. The molecule has 0 saturated heterocycles. The molecule has 586 valence electrons. The van der Waals surface area contributed by atoms with Gasteiger partial charge in [0, 0.05) is 32.6 Å². The summed E-state index contributed by atoms with van der Waals surface area (Å²) in [4.78, 5) is 0. The maximum atomic E-state index is 11.5. The Bertz CT molecular complexity index is 1880. The summed E-state index contributed by atoms with van der Waals surface area (Å²) >= 11 is 5.78. The first-order chi connectivity index (χ1) is 46.4. The van der Waals surface area contributed by atoms with E-state index in [9.17, 15) is 46.1 Å². The van der Waals surface area contributed by atoms with E-state index in [2.05, 4.69) is 145 Å². The number of hydrogen-bond acceptors (Lipinski definition) is 11. The van der Waals surface area contributed by atoms with Gasteiger partial charge in [-0.25, -0.2) is 0 Å². The predicted octanol–water partition coefficient (Wildman–Crippen LogP) is 19.4. The summed E-state index contributed by atoms with van der Waals surface area (Å²) in [6.45, 7) is 44.9. The number of hydrogen-bond donors (Lipinski definition) is 9. The first-order valence-corrected chi connectivity index (χ1v) is 42.4. The number of halogens is 1. The van der Waals surface area contributed by atoms with Crippen LogP contribution in [-0.2, 0) is 4.74 Å². The van der Waals surface area contributed by atoms with Crippen molar-refractivity contribution in [3.05, 3.63) is 0 Å². The van der Waals surface area contributed by atoms with Crippen LogP contribution >= 0.6 is 11.6 Å². The van der Waals surface area contributed by atoms with Crippen LogP contribution < -0.4 is 0 Å². The Labute approximate surface area is 616 Å². The van der Waals surface area contributed by atoms with Gasteiger partial charge in [-0.15, -0.1) is 11.6 Å². The van der Waals surface area contributed by atoms with Gasteiger partial charge in [0.1, 0.15) is 0 Å². The quantitative estimate of drug-likeness (QED) is 0.104. The second-order valence-corrected chi connectivity index (χ2v) is 38.5. The molecule has 0 bridgehead atoms. The highest BCUT2D eigenvalue weighted by Crippen LogP contribution is 2.57. The molecule has 10 rings (SSSR count). The van der Waals surface area contributed by atoms with Crippen LogP contribution in [0.3, 0.4) is 0 Å². The van der Waals surface area contributed by atoms with E-state index in [1.165, 1.54) is 122 Å². The number of rotatable bonds is 8. The molecule has 12 heteroatoms. The van der Waals surface area contributed by atoms with Gasteiger partial charge >= 0.3 is 0 Å². The van der Waals surface area contributed by atoms with Gasteiger partial charge in [-0.3, -0.25) is 0 Å². The van der Waals surface area contributed by atoms with Crippen LogP contribution in [0.5, 0.6) is 0 Å². The lowest BCUT2D eigenvalue weighted by molar-refractivity contribution is -0.114. The number of aliphatic hydroxyl groups is 9. The van der Waals surface area contributed by atoms with Crippen molar-refractivity contribution in [3.8, 4) is 6.07 Å². The van der Waals surface area contributed by atoms with Gasteiger partial charge in [0.15, 0.2) is 0 Å². The maximum absolute atomic E-state index is 11.5. The Balaban J connectivity index is 0.000000302. The van der Waals surface area contributed by atoms with Gasteiger partial charge in [0.05, 0.1) is 54.9 Å². The Morgan fingerprint density at radius 3 is 0.818 bits per heavy atom. The van der Waals surface area contributed by atoms with Crippen LogP contribution in [0.25, 0.3) is 0 Å². The molecule has 10 saturated carbocycles. The minimum absolute atomic E-state index is 0.0437. The van der Waals surface area contributed by atoms with E-state index >= 15 is 0 Å². The maximum Gasteiger partial charge on any atom is 0.0624 e. The largest absolute Gasteiger partial charge is 0.396 e. The average molecular weight is 1420 g/mol. The van der Waals surface area contributed by atoms with Crippen LogP contribution in [0.15, 0.2) is 0 Å². The van der Waals surface area contributed by atoms with E-state index < -0.39 is 0 Å². The molecule has 0 aromatic carbocycles. The number of nitrogens with zero attached hydrogens (tertiary/aromatic N) is 1. The SMILES string of the molecule is CC1(C2CC(CC#N)CC(C3(C)CCCCC3)C2O)CCCCC1.CC1CC(C)C(O)C(C)C1.CC1CC(C)C(O)C(C)C1.CC1CC(C)C(O)C(C)C1.CC1CC(CCl)CC(C)C1O.CC1CC(CO)CC(C)C1O.CCC1CC(C)C(O)C(C)C1.COCC1CC(C)C(O)C(C)C1. The fourth-order valence-electron chi connectivity index (χ4n) is 22.1. The number of ether oxygens (including phenoxy) is 1. The second-order valence-electron chi connectivity index (χ2n) is 38.2. The van der Waals surface area contributed by atoms with Crippen LogP contribution in [0.1, 0.15) is 318 Å². The highest BCUT2D eigenvalue weighted by molar-refractivity contribution is 6.18. The normalized spacial score (nSPS) is 44.9. The van der Waals surface area contributed by atoms with Crippen molar-refractivity contribution < 1.29 is 50.7 Å². The minimum atomic E-state index is -0.155. The van der Waals surface area contributed by atoms with Crippen LogP contribution in [-0.4, -0.2) is 121 Å². The molecule has 0 aromatic rings. The van der Waals surface area contributed by atoms with E-state index in [-0.39, 0.29) is 55.4 Å². The zero-order chi connectivity index (χ0) is 74.8. The van der Waals surface area contributed by atoms with Crippen molar-refractivity contribution in [1.82, 2.24) is 0 Å². The number of nitriles is 1. The monoisotopic (exact) mass is 1420 g/mol. The molecule has 10 aliphatic rings. The lowest BCUT2D eigenvalue weighted by atomic mass is 9.52. The summed E-state index contributed by atoms with van der Waals surface area (Å²) < 4.78 is 5.13. The van der Waals surface area contributed by atoms with Gasteiger partial charge < -0.3 is 50.7 Å². The summed E-state index contributed by atoms with van der Waals surface area (Å²) in [6.07, 6.45) is 32.6. The third-order valence-corrected chi connectivity index (χ3v) is 28.5. The van der Waals surface area contributed by atoms with Crippen molar-refractivity contribution in [2.75, 3.05) is 26.2 Å². The Kier molecular flexibility index (Phi) is 42.9. The molecule has 0 aliphatic heterocycles. The molecule has 99 heavy (non-hydrogen) atoms. The Hall–Kier alpha value is -0.620. The molecule has 11 nitrogen and oxygen atoms in total.